The van der Waals surface area contributed by atoms with Crippen LogP contribution in [-0.2, 0) is 23.3 Å². The zero-order chi connectivity index (χ0) is 12.5. The first-order valence-corrected chi connectivity index (χ1v) is 7.38. The molecule has 0 aliphatic carbocycles. The lowest BCUT2D eigenvalue weighted by atomic mass is 10.2. The van der Waals surface area contributed by atoms with Crippen LogP contribution in [-0.4, -0.2) is 53.5 Å². The molecular formula is C10H17N3O3S. The molecule has 1 fully saturated rings. The predicted octanol–water partition coefficient (Wildman–Crippen LogP) is -1.29. The molecule has 6 nitrogen and oxygen atoms in total. The summed E-state index contributed by atoms with van der Waals surface area (Å²) in [4.78, 5) is 0. The van der Waals surface area contributed by atoms with Gasteiger partial charge in [0, 0.05) is 19.3 Å². The zero-order valence-corrected chi connectivity index (χ0v) is 10.5. The van der Waals surface area contributed by atoms with Gasteiger partial charge in [0.05, 0.1) is 23.8 Å². The summed E-state index contributed by atoms with van der Waals surface area (Å²) < 4.78 is 24.3. The molecule has 1 saturated heterocycles. The molecule has 17 heavy (non-hydrogen) atoms. The predicted molar refractivity (Wildman–Crippen MR) is 63.4 cm³/mol. The zero-order valence-electron chi connectivity index (χ0n) is 9.70. The first-order chi connectivity index (χ1) is 7.96. The maximum absolute atomic E-state index is 11.3. The molecule has 1 aromatic heterocycles. The molecule has 0 spiro atoms. The van der Waals surface area contributed by atoms with Crippen molar-refractivity contribution in [3.63, 3.8) is 0 Å². The molecule has 0 saturated carbocycles. The largest absolute Gasteiger partial charge is 0.390 e. The van der Waals surface area contributed by atoms with Crippen molar-refractivity contribution in [2.45, 2.75) is 18.6 Å². The van der Waals surface area contributed by atoms with E-state index >= 15 is 0 Å². The maximum Gasteiger partial charge on any atom is 0.154 e. The lowest BCUT2D eigenvalue weighted by molar-refractivity contribution is 0.166. The summed E-state index contributed by atoms with van der Waals surface area (Å²) in [5, 5.41) is 16.7. The van der Waals surface area contributed by atoms with Gasteiger partial charge >= 0.3 is 0 Å². The molecule has 1 aliphatic rings. The average molecular weight is 259 g/mol. The summed E-state index contributed by atoms with van der Waals surface area (Å²) >= 11 is 0. The van der Waals surface area contributed by atoms with Gasteiger partial charge in [-0.2, -0.15) is 5.10 Å². The third-order valence-corrected chi connectivity index (χ3v) is 4.62. The molecule has 96 valence electrons. The Morgan fingerprint density at radius 1 is 1.59 bits per heavy atom. The number of aryl methyl sites for hydroxylation is 1. The highest BCUT2D eigenvalue weighted by atomic mass is 32.2. The number of aliphatic hydroxyl groups is 1. The van der Waals surface area contributed by atoms with Gasteiger partial charge in [-0.1, -0.05) is 0 Å². The highest BCUT2D eigenvalue weighted by Gasteiger charge is 2.35. The monoisotopic (exact) mass is 259 g/mol. The summed E-state index contributed by atoms with van der Waals surface area (Å²) in [6.07, 6.45) is 3.69. The van der Waals surface area contributed by atoms with Gasteiger partial charge in [0.1, 0.15) is 0 Å². The number of hydrogen-bond donors (Lipinski definition) is 2. The van der Waals surface area contributed by atoms with Gasteiger partial charge in [-0.15, -0.1) is 0 Å². The van der Waals surface area contributed by atoms with E-state index in [1.165, 1.54) is 0 Å². The van der Waals surface area contributed by atoms with Gasteiger partial charge in [0.2, 0.25) is 0 Å². The standard InChI is InChI=1S/C10H17N3O3S/c1-13-5-8(4-12-13)2-3-11-9-6-17(15,16)7-10(9)14/h4-5,9-11,14H,2-3,6-7H2,1H3. The van der Waals surface area contributed by atoms with Gasteiger partial charge < -0.3 is 10.4 Å². The van der Waals surface area contributed by atoms with Crippen LogP contribution in [0, 0.1) is 0 Å². The summed E-state index contributed by atoms with van der Waals surface area (Å²) in [5.74, 6) is -0.0984. The van der Waals surface area contributed by atoms with Gasteiger partial charge in [-0.05, 0) is 18.5 Å². The van der Waals surface area contributed by atoms with Crippen molar-refractivity contribution >= 4 is 9.84 Å². The van der Waals surface area contributed by atoms with Crippen LogP contribution in [0.2, 0.25) is 0 Å². The fraction of sp³-hybridized carbons (Fsp3) is 0.700. The number of aromatic nitrogens is 2. The van der Waals surface area contributed by atoms with Crippen molar-refractivity contribution in [2.75, 3.05) is 18.1 Å². The van der Waals surface area contributed by atoms with E-state index in [0.717, 1.165) is 12.0 Å². The molecule has 0 aromatic carbocycles. The fourth-order valence-corrected chi connectivity index (χ4v) is 3.80. The van der Waals surface area contributed by atoms with Gasteiger partial charge in [0.25, 0.3) is 0 Å². The van der Waals surface area contributed by atoms with E-state index in [1.807, 2.05) is 13.2 Å². The van der Waals surface area contributed by atoms with Crippen molar-refractivity contribution in [3.8, 4) is 0 Å². The second-order valence-corrected chi connectivity index (χ2v) is 6.63. The van der Waals surface area contributed by atoms with Crippen molar-refractivity contribution in [3.05, 3.63) is 18.0 Å². The molecule has 7 heteroatoms. The van der Waals surface area contributed by atoms with Gasteiger partial charge in [0.15, 0.2) is 9.84 Å². The fourth-order valence-electron chi connectivity index (χ4n) is 2.03. The molecule has 2 N–H and O–H groups in total. The highest BCUT2D eigenvalue weighted by Crippen LogP contribution is 2.12. The van der Waals surface area contributed by atoms with E-state index in [0.29, 0.717) is 6.54 Å². The number of nitrogens with zero attached hydrogens (tertiary/aromatic N) is 2. The van der Waals surface area contributed by atoms with Crippen LogP contribution in [0.1, 0.15) is 5.56 Å². The molecule has 1 aliphatic heterocycles. The van der Waals surface area contributed by atoms with E-state index in [-0.39, 0.29) is 17.5 Å². The van der Waals surface area contributed by atoms with Crippen molar-refractivity contribution < 1.29 is 13.5 Å². The van der Waals surface area contributed by atoms with Crippen molar-refractivity contribution in [1.82, 2.24) is 15.1 Å². The summed E-state index contributed by atoms with van der Waals surface area (Å²) in [6.45, 7) is 0.642. The number of sulfone groups is 1. The normalized spacial score (nSPS) is 27.4. The van der Waals surface area contributed by atoms with Crippen LogP contribution in [0.15, 0.2) is 12.4 Å². The molecule has 0 radical (unpaired) electrons. The Hall–Kier alpha value is -0.920. The van der Waals surface area contributed by atoms with Crippen LogP contribution >= 0.6 is 0 Å². The van der Waals surface area contributed by atoms with E-state index < -0.39 is 15.9 Å². The Balaban J connectivity index is 1.79. The molecule has 0 bridgehead atoms. The summed E-state index contributed by atoms with van der Waals surface area (Å²) in [6, 6.07) is -0.336. The second-order valence-electron chi connectivity index (χ2n) is 4.48. The van der Waals surface area contributed by atoms with Crippen LogP contribution < -0.4 is 5.32 Å². The number of hydrogen-bond acceptors (Lipinski definition) is 5. The minimum absolute atomic E-state index is 0.0290. The maximum atomic E-state index is 11.3. The van der Waals surface area contributed by atoms with Crippen LogP contribution in [0.4, 0.5) is 0 Å². The molecular weight excluding hydrogens is 242 g/mol. The third kappa shape index (κ3) is 3.27. The first-order valence-electron chi connectivity index (χ1n) is 5.56. The van der Waals surface area contributed by atoms with E-state index in [2.05, 4.69) is 10.4 Å². The second kappa shape index (κ2) is 4.75. The van der Waals surface area contributed by atoms with E-state index in [9.17, 15) is 13.5 Å². The van der Waals surface area contributed by atoms with Crippen molar-refractivity contribution in [1.29, 1.82) is 0 Å². The lowest BCUT2D eigenvalue weighted by Crippen LogP contribution is -2.39. The van der Waals surface area contributed by atoms with E-state index in [4.69, 9.17) is 0 Å². The Bertz CT molecular complexity index is 483. The molecule has 0 amide bonds. The average Bonchev–Trinajstić information content (AvgIpc) is 2.71. The third-order valence-electron chi connectivity index (χ3n) is 2.90. The Kier molecular flexibility index (Phi) is 3.50. The molecule has 1 aromatic rings. The Labute approximate surface area is 101 Å². The number of rotatable bonds is 4. The van der Waals surface area contributed by atoms with Gasteiger partial charge in [-0.3, -0.25) is 4.68 Å². The van der Waals surface area contributed by atoms with Gasteiger partial charge in [-0.25, -0.2) is 8.42 Å². The molecule has 2 rings (SSSR count). The minimum Gasteiger partial charge on any atom is -0.390 e. The first kappa shape index (κ1) is 12.5. The Morgan fingerprint density at radius 2 is 2.35 bits per heavy atom. The lowest BCUT2D eigenvalue weighted by Gasteiger charge is -2.14. The van der Waals surface area contributed by atoms with Crippen LogP contribution in [0.5, 0.6) is 0 Å². The number of nitrogens with one attached hydrogen (secondary N) is 1. The summed E-state index contributed by atoms with van der Waals surface area (Å²) in [5.41, 5.74) is 1.09. The molecule has 2 atom stereocenters. The van der Waals surface area contributed by atoms with Crippen LogP contribution in [0.3, 0.4) is 0 Å². The van der Waals surface area contributed by atoms with Crippen molar-refractivity contribution in [2.24, 2.45) is 7.05 Å². The molecule has 2 heterocycles. The quantitative estimate of drug-likeness (QED) is 0.703. The minimum atomic E-state index is -3.06. The van der Waals surface area contributed by atoms with E-state index in [1.54, 1.807) is 10.9 Å². The highest BCUT2D eigenvalue weighted by molar-refractivity contribution is 7.91. The summed E-state index contributed by atoms with van der Waals surface area (Å²) in [7, 11) is -1.21. The smallest absolute Gasteiger partial charge is 0.154 e. The van der Waals surface area contributed by atoms with Crippen LogP contribution in [0.25, 0.3) is 0 Å². The SMILES string of the molecule is Cn1cc(CCNC2CS(=O)(=O)CC2O)cn1. The number of aliphatic hydroxyl groups excluding tert-OH is 1. The topological polar surface area (TPSA) is 84.2 Å². The molecule has 2 unspecified atom stereocenters. The Morgan fingerprint density at radius 3 is 2.88 bits per heavy atom.